The number of alkyl halides is 3. The zero-order chi connectivity index (χ0) is 17.9. The van der Waals surface area contributed by atoms with Gasteiger partial charge in [0.05, 0.1) is 5.69 Å². The van der Waals surface area contributed by atoms with E-state index in [0.29, 0.717) is 18.8 Å². The lowest BCUT2D eigenvalue weighted by Gasteiger charge is -2.34. The molecule has 2 rings (SSSR count). The SMILES string of the molecule is CCn1nccc1C(NC(C(=O)O)C1CCC(C)CC1)C(F)(F)F. The fourth-order valence-electron chi connectivity index (χ4n) is 3.41. The molecule has 1 aromatic heterocycles. The van der Waals surface area contributed by atoms with Crippen LogP contribution >= 0.6 is 0 Å². The summed E-state index contributed by atoms with van der Waals surface area (Å²) in [7, 11) is 0. The van der Waals surface area contributed by atoms with Crippen LogP contribution in [0.5, 0.6) is 0 Å². The third-order valence-electron chi connectivity index (χ3n) is 4.82. The van der Waals surface area contributed by atoms with Gasteiger partial charge in [0.25, 0.3) is 0 Å². The van der Waals surface area contributed by atoms with Crippen LogP contribution in [0.2, 0.25) is 0 Å². The zero-order valence-electron chi connectivity index (χ0n) is 13.9. The predicted octanol–water partition coefficient (Wildman–Crippen LogP) is 3.38. The van der Waals surface area contributed by atoms with Gasteiger partial charge in [-0.2, -0.15) is 18.3 Å². The average molecular weight is 347 g/mol. The summed E-state index contributed by atoms with van der Waals surface area (Å²) in [5.74, 6) is -1.02. The average Bonchev–Trinajstić information content (AvgIpc) is 2.95. The molecule has 24 heavy (non-hydrogen) atoms. The number of aromatic nitrogens is 2. The standard InChI is InChI=1S/C16H24F3N3O2/c1-3-22-12(8-9-20-22)14(16(17,18)19)21-13(15(23)24)11-6-4-10(2)5-7-11/h8-11,13-14,21H,3-7H2,1-2H3,(H,23,24). The van der Waals surface area contributed by atoms with E-state index in [1.807, 2.05) is 0 Å². The molecular formula is C16H24F3N3O2. The molecule has 0 bridgehead atoms. The predicted molar refractivity (Wildman–Crippen MR) is 82.4 cm³/mol. The van der Waals surface area contributed by atoms with Crippen LogP contribution in [0.15, 0.2) is 12.3 Å². The lowest BCUT2D eigenvalue weighted by molar-refractivity contribution is -0.166. The van der Waals surface area contributed by atoms with Gasteiger partial charge in [-0.25, -0.2) is 0 Å². The smallest absolute Gasteiger partial charge is 0.409 e. The van der Waals surface area contributed by atoms with Crippen LogP contribution in [0.1, 0.15) is 51.3 Å². The van der Waals surface area contributed by atoms with Crippen LogP contribution in [0.25, 0.3) is 0 Å². The van der Waals surface area contributed by atoms with E-state index in [0.717, 1.165) is 12.8 Å². The van der Waals surface area contributed by atoms with Gasteiger partial charge in [0.1, 0.15) is 12.1 Å². The Labute approximate surface area is 139 Å². The molecule has 0 saturated heterocycles. The van der Waals surface area contributed by atoms with Crippen molar-refractivity contribution in [3.05, 3.63) is 18.0 Å². The number of hydrogen-bond acceptors (Lipinski definition) is 3. The number of aliphatic carboxylic acids is 1. The molecule has 0 aromatic carbocycles. The molecule has 1 fully saturated rings. The maximum atomic E-state index is 13.6. The number of hydrogen-bond donors (Lipinski definition) is 2. The molecule has 0 spiro atoms. The van der Waals surface area contributed by atoms with Crippen molar-refractivity contribution in [2.24, 2.45) is 11.8 Å². The van der Waals surface area contributed by atoms with Gasteiger partial charge < -0.3 is 5.11 Å². The normalized spacial score (nSPS) is 24.5. The van der Waals surface area contributed by atoms with E-state index in [1.54, 1.807) is 6.92 Å². The Bertz CT molecular complexity index is 551. The highest BCUT2D eigenvalue weighted by Crippen LogP contribution is 2.36. The number of nitrogens with one attached hydrogen (secondary N) is 1. The molecule has 0 radical (unpaired) electrons. The highest BCUT2D eigenvalue weighted by atomic mass is 19.4. The molecule has 1 aliphatic carbocycles. The van der Waals surface area contributed by atoms with Crippen molar-refractivity contribution in [3.8, 4) is 0 Å². The second kappa shape index (κ2) is 7.55. The summed E-state index contributed by atoms with van der Waals surface area (Å²) in [4.78, 5) is 11.6. The molecule has 2 atom stereocenters. The summed E-state index contributed by atoms with van der Waals surface area (Å²) in [6.07, 6.45) is -0.342. The number of rotatable bonds is 6. The number of aryl methyl sites for hydroxylation is 1. The van der Waals surface area contributed by atoms with Crippen LogP contribution in [-0.2, 0) is 11.3 Å². The second-order valence-corrected chi connectivity index (χ2v) is 6.55. The molecule has 8 heteroatoms. The van der Waals surface area contributed by atoms with Crippen molar-refractivity contribution in [1.82, 2.24) is 15.1 Å². The lowest BCUT2D eigenvalue weighted by Crippen LogP contribution is -2.49. The first kappa shape index (κ1) is 18.8. The van der Waals surface area contributed by atoms with E-state index in [-0.39, 0.29) is 18.2 Å². The fraction of sp³-hybridized carbons (Fsp3) is 0.750. The topological polar surface area (TPSA) is 67.2 Å². The van der Waals surface area contributed by atoms with Crippen LogP contribution < -0.4 is 5.32 Å². The number of nitrogens with zero attached hydrogens (tertiary/aromatic N) is 2. The highest BCUT2D eigenvalue weighted by molar-refractivity contribution is 5.74. The van der Waals surface area contributed by atoms with Gasteiger partial charge in [-0.05, 0) is 37.7 Å². The summed E-state index contributed by atoms with van der Waals surface area (Å²) < 4.78 is 41.9. The van der Waals surface area contributed by atoms with Gasteiger partial charge in [-0.15, -0.1) is 0 Å². The summed E-state index contributed by atoms with van der Waals surface area (Å²) in [5, 5.41) is 15.7. The van der Waals surface area contributed by atoms with Gasteiger partial charge in [-0.3, -0.25) is 14.8 Å². The van der Waals surface area contributed by atoms with Crippen molar-refractivity contribution in [2.75, 3.05) is 0 Å². The van der Waals surface area contributed by atoms with Crippen LogP contribution in [0.4, 0.5) is 13.2 Å². The Morgan fingerprint density at radius 3 is 2.54 bits per heavy atom. The van der Waals surface area contributed by atoms with Crippen LogP contribution in [-0.4, -0.2) is 33.1 Å². The van der Waals surface area contributed by atoms with E-state index >= 15 is 0 Å². The molecule has 1 saturated carbocycles. The molecule has 2 N–H and O–H groups in total. The summed E-state index contributed by atoms with van der Waals surface area (Å²) >= 11 is 0. The number of carboxylic acids is 1. The van der Waals surface area contributed by atoms with Crippen molar-refractivity contribution < 1.29 is 23.1 Å². The zero-order valence-corrected chi connectivity index (χ0v) is 13.9. The molecule has 0 amide bonds. The fourth-order valence-corrected chi connectivity index (χ4v) is 3.41. The molecule has 5 nitrogen and oxygen atoms in total. The minimum absolute atomic E-state index is 0.0552. The number of carbonyl (C=O) groups is 1. The molecule has 1 aromatic rings. The van der Waals surface area contributed by atoms with Crippen LogP contribution in [0.3, 0.4) is 0 Å². The number of halogens is 3. The van der Waals surface area contributed by atoms with E-state index < -0.39 is 24.2 Å². The summed E-state index contributed by atoms with van der Waals surface area (Å²) in [6.45, 7) is 4.06. The quantitative estimate of drug-likeness (QED) is 0.828. The second-order valence-electron chi connectivity index (χ2n) is 6.55. The van der Waals surface area contributed by atoms with E-state index in [2.05, 4.69) is 17.3 Å². The Morgan fingerprint density at radius 1 is 1.42 bits per heavy atom. The van der Waals surface area contributed by atoms with Crippen LogP contribution in [0, 0.1) is 11.8 Å². The minimum atomic E-state index is -4.59. The monoisotopic (exact) mass is 347 g/mol. The van der Waals surface area contributed by atoms with Crippen molar-refractivity contribution in [1.29, 1.82) is 0 Å². The third-order valence-corrected chi connectivity index (χ3v) is 4.82. The molecule has 0 aliphatic heterocycles. The van der Waals surface area contributed by atoms with E-state index in [9.17, 15) is 23.1 Å². The summed E-state index contributed by atoms with van der Waals surface area (Å²) in [6, 6.07) is -1.97. The molecular weight excluding hydrogens is 323 g/mol. The highest BCUT2D eigenvalue weighted by Gasteiger charge is 2.46. The largest absolute Gasteiger partial charge is 0.480 e. The third kappa shape index (κ3) is 4.28. The molecule has 136 valence electrons. The van der Waals surface area contributed by atoms with Gasteiger partial charge in [-0.1, -0.05) is 19.8 Å². The Hall–Kier alpha value is -1.57. The van der Waals surface area contributed by atoms with Crippen molar-refractivity contribution in [3.63, 3.8) is 0 Å². The summed E-state index contributed by atoms with van der Waals surface area (Å²) in [5.41, 5.74) is -0.0552. The molecule has 1 aliphatic rings. The van der Waals surface area contributed by atoms with Gasteiger partial charge in [0.2, 0.25) is 0 Å². The molecule has 1 heterocycles. The Balaban J connectivity index is 2.24. The maximum Gasteiger partial charge on any atom is 0.409 e. The van der Waals surface area contributed by atoms with E-state index in [4.69, 9.17) is 0 Å². The lowest BCUT2D eigenvalue weighted by atomic mass is 9.79. The van der Waals surface area contributed by atoms with Gasteiger partial charge >= 0.3 is 12.1 Å². The van der Waals surface area contributed by atoms with Crippen molar-refractivity contribution >= 4 is 5.97 Å². The van der Waals surface area contributed by atoms with Gasteiger partial charge in [0.15, 0.2) is 0 Å². The Morgan fingerprint density at radius 2 is 2.04 bits per heavy atom. The number of carboxylic acid groups (broad SMARTS) is 1. The minimum Gasteiger partial charge on any atom is -0.480 e. The maximum absolute atomic E-state index is 13.6. The first-order chi connectivity index (χ1) is 11.2. The Kier molecular flexibility index (Phi) is 5.90. The van der Waals surface area contributed by atoms with E-state index in [1.165, 1.54) is 16.9 Å². The van der Waals surface area contributed by atoms with Crippen molar-refractivity contribution in [2.45, 2.75) is 64.3 Å². The first-order valence-electron chi connectivity index (χ1n) is 8.31. The first-order valence-corrected chi connectivity index (χ1v) is 8.31. The molecule has 2 unspecified atom stereocenters. The van der Waals surface area contributed by atoms with Gasteiger partial charge in [0, 0.05) is 12.7 Å².